The summed E-state index contributed by atoms with van der Waals surface area (Å²) >= 11 is 0. The fourth-order valence-corrected chi connectivity index (χ4v) is 3.21. The second-order valence-corrected chi connectivity index (χ2v) is 6.22. The van der Waals surface area contributed by atoms with Crippen molar-refractivity contribution in [3.05, 3.63) is 48.5 Å². The van der Waals surface area contributed by atoms with Crippen LogP contribution in [-0.4, -0.2) is 54.1 Å². The normalized spacial score (nSPS) is 14.7. The fraction of sp³-hybridized carbons (Fsp3) is 0.316. The first-order valence-corrected chi connectivity index (χ1v) is 8.58. The van der Waals surface area contributed by atoms with E-state index in [0.717, 1.165) is 41.3 Å². The number of amides is 1. The lowest BCUT2D eigenvalue weighted by Gasteiger charge is -2.34. The van der Waals surface area contributed by atoms with Crippen molar-refractivity contribution >= 4 is 22.8 Å². The second-order valence-electron chi connectivity index (χ2n) is 6.22. The summed E-state index contributed by atoms with van der Waals surface area (Å²) in [7, 11) is 1.62. The second kappa shape index (κ2) is 7.03. The quantitative estimate of drug-likeness (QED) is 0.716. The van der Waals surface area contributed by atoms with Crippen LogP contribution >= 0.6 is 0 Å². The highest BCUT2D eigenvalue weighted by Crippen LogP contribution is 2.26. The van der Waals surface area contributed by atoms with Crippen LogP contribution in [0, 0.1) is 0 Å². The maximum Gasteiger partial charge on any atom is 0.227 e. The van der Waals surface area contributed by atoms with Gasteiger partial charge in [0.05, 0.1) is 19.8 Å². The lowest BCUT2D eigenvalue weighted by atomic mass is 10.1. The number of anilines is 1. The Bertz CT molecular complexity index is 902. The van der Waals surface area contributed by atoms with Gasteiger partial charge in [-0.2, -0.15) is 0 Å². The summed E-state index contributed by atoms with van der Waals surface area (Å²) in [6, 6.07) is 7.45. The topological polar surface area (TPSA) is 71.7 Å². The molecule has 0 spiro atoms. The summed E-state index contributed by atoms with van der Waals surface area (Å²) in [6.07, 6.45) is 5.47. The van der Waals surface area contributed by atoms with Crippen LogP contribution < -0.4 is 9.64 Å². The van der Waals surface area contributed by atoms with Gasteiger partial charge < -0.3 is 19.0 Å². The molecule has 1 aliphatic rings. The molecule has 134 valence electrons. The van der Waals surface area contributed by atoms with E-state index in [-0.39, 0.29) is 5.91 Å². The van der Waals surface area contributed by atoms with Gasteiger partial charge in [-0.15, -0.1) is 0 Å². The minimum atomic E-state index is 0.108. The number of rotatable bonds is 4. The number of aromatic nitrogens is 2. The molecular weight excluding hydrogens is 332 g/mol. The molecule has 0 unspecified atom stereocenters. The molecule has 3 heterocycles. The van der Waals surface area contributed by atoms with E-state index in [2.05, 4.69) is 14.9 Å². The Kier molecular flexibility index (Phi) is 4.43. The molecule has 0 bridgehead atoms. The molecule has 2 aromatic heterocycles. The molecule has 3 aromatic rings. The van der Waals surface area contributed by atoms with Gasteiger partial charge in [0.25, 0.3) is 0 Å². The third-order valence-electron chi connectivity index (χ3n) is 4.67. The molecule has 7 nitrogen and oxygen atoms in total. The Morgan fingerprint density at radius 3 is 2.69 bits per heavy atom. The largest absolute Gasteiger partial charge is 0.497 e. The number of hydrogen-bond acceptors (Lipinski definition) is 6. The van der Waals surface area contributed by atoms with Gasteiger partial charge in [0.15, 0.2) is 0 Å². The average molecular weight is 352 g/mol. The van der Waals surface area contributed by atoms with Gasteiger partial charge >= 0.3 is 0 Å². The molecule has 7 heteroatoms. The van der Waals surface area contributed by atoms with Gasteiger partial charge in [-0.3, -0.25) is 4.79 Å². The lowest BCUT2D eigenvalue weighted by molar-refractivity contribution is -0.130. The first kappa shape index (κ1) is 16.4. The molecule has 1 saturated heterocycles. The maximum absolute atomic E-state index is 12.7. The van der Waals surface area contributed by atoms with Crippen LogP contribution in [0.4, 0.5) is 5.95 Å². The van der Waals surface area contributed by atoms with Gasteiger partial charge in [-0.05, 0) is 18.2 Å². The van der Waals surface area contributed by atoms with Crippen molar-refractivity contribution in [1.82, 2.24) is 14.9 Å². The van der Waals surface area contributed by atoms with Crippen LogP contribution in [0.15, 0.2) is 47.3 Å². The summed E-state index contributed by atoms with van der Waals surface area (Å²) in [5.74, 6) is 1.57. The smallest absolute Gasteiger partial charge is 0.227 e. The number of furan rings is 1. The molecule has 0 N–H and O–H groups in total. The summed E-state index contributed by atoms with van der Waals surface area (Å²) in [5, 5.41) is 0.954. The molecule has 1 aromatic carbocycles. The number of carbonyl (C=O) groups excluding carboxylic acids is 1. The summed E-state index contributed by atoms with van der Waals surface area (Å²) in [4.78, 5) is 25.2. The predicted octanol–water partition coefficient (Wildman–Crippen LogP) is 2.12. The Labute approximate surface area is 151 Å². The highest BCUT2D eigenvalue weighted by atomic mass is 16.5. The van der Waals surface area contributed by atoms with E-state index < -0.39 is 0 Å². The molecular formula is C19H20N4O3. The SMILES string of the molecule is COc1ccc2c(CC(=O)N3CCN(c4ncccn4)CC3)coc2c1. The minimum absolute atomic E-state index is 0.108. The van der Waals surface area contributed by atoms with Crippen molar-refractivity contribution in [3.63, 3.8) is 0 Å². The van der Waals surface area contributed by atoms with Crippen molar-refractivity contribution in [2.24, 2.45) is 0 Å². The Balaban J connectivity index is 1.40. The number of benzene rings is 1. The van der Waals surface area contributed by atoms with E-state index in [1.807, 2.05) is 23.1 Å². The zero-order chi connectivity index (χ0) is 17.9. The van der Waals surface area contributed by atoms with Crippen LogP contribution in [0.5, 0.6) is 5.75 Å². The van der Waals surface area contributed by atoms with Crippen molar-refractivity contribution in [1.29, 1.82) is 0 Å². The van der Waals surface area contributed by atoms with Crippen molar-refractivity contribution in [3.8, 4) is 5.75 Å². The Hall–Kier alpha value is -3.09. The summed E-state index contributed by atoms with van der Waals surface area (Å²) in [5.41, 5.74) is 1.64. The Morgan fingerprint density at radius 1 is 1.19 bits per heavy atom. The number of ether oxygens (including phenoxy) is 1. The van der Waals surface area contributed by atoms with Gasteiger partial charge in [-0.25, -0.2) is 9.97 Å². The third kappa shape index (κ3) is 3.20. The lowest BCUT2D eigenvalue weighted by Crippen LogP contribution is -2.49. The number of hydrogen-bond donors (Lipinski definition) is 0. The average Bonchev–Trinajstić information content (AvgIpc) is 3.10. The van der Waals surface area contributed by atoms with E-state index >= 15 is 0 Å². The van der Waals surface area contributed by atoms with Gasteiger partial charge in [0, 0.05) is 55.6 Å². The molecule has 0 saturated carbocycles. The van der Waals surface area contributed by atoms with Crippen molar-refractivity contribution in [2.75, 3.05) is 38.2 Å². The van der Waals surface area contributed by atoms with E-state index in [1.54, 1.807) is 31.8 Å². The molecule has 4 rings (SSSR count). The molecule has 0 atom stereocenters. The van der Waals surface area contributed by atoms with Crippen LogP contribution in [0.25, 0.3) is 11.0 Å². The first-order chi connectivity index (χ1) is 12.7. The Morgan fingerprint density at radius 2 is 1.96 bits per heavy atom. The molecule has 26 heavy (non-hydrogen) atoms. The van der Waals surface area contributed by atoms with Crippen molar-refractivity contribution in [2.45, 2.75) is 6.42 Å². The monoisotopic (exact) mass is 352 g/mol. The van der Waals surface area contributed by atoms with Gasteiger partial charge in [0.2, 0.25) is 11.9 Å². The maximum atomic E-state index is 12.7. The predicted molar refractivity (Wildman–Crippen MR) is 97.3 cm³/mol. The van der Waals surface area contributed by atoms with Crippen LogP contribution in [-0.2, 0) is 11.2 Å². The van der Waals surface area contributed by atoms with Crippen LogP contribution in [0.3, 0.4) is 0 Å². The number of nitrogens with zero attached hydrogens (tertiary/aromatic N) is 4. The molecule has 0 radical (unpaired) electrons. The fourth-order valence-electron chi connectivity index (χ4n) is 3.21. The number of methoxy groups -OCH3 is 1. The number of carbonyl (C=O) groups is 1. The third-order valence-corrected chi connectivity index (χ3v) is 4.67. The molecule has 0 aliphatic carbocycles. The van der Waals surface area contributed by atoms with Crippen LogP contribution in [0.2, 0.25) is 0 Å². The van der Waals surface area contributed by atoms with Crippen molar-refractivity contribution < 1.29 is 13.9 Å². The standard InChI is InChI=1S/C19H20N4O3/c1-25-15-3-4-16-14(13-26-17(16)12-15)11-18(24)22-7-9-23(10-8-22)19-20-5-2-6-21-19/h2-6,12-13H,7-11H2,1H3. The highest BCUT2D eigenvalue weighted by molar-refractivity contribution is 5.88. The first-order valence-electron chi connectivity index (χ1n) is 8.58. The molecule has 1 fully saturated rings. The number of piperazine rings is 1. The molecule has 1 aliphatic heterocycles. The zero-order valence-electron chi connectivity index (χ0n) is 14.6. The van der Waals surface area contributed by atoms with E-state index in [9.17, 15) is 4.79 Å². The summed E-state index contributed by atoms with van der Waals surface area (Å²) < 4.78 is 10.8. The molecule has 1 amide bonds. The zero-order valence-corrected chi connectivity index (χ0v) is 14.6. The van der Waals surface area contributed by atoms with E-state index in [1.165, 1.54) is 0 Å². The van der Waals surface area contributed by atoms with Gasteiger partial charge in [0.1, 0.15) is 11.3 Å². The van der Waals surface area contributed by atoms with E-state index in [0.29, 0.717) is 19.5 Å². The minimum Gasteiger partial charge on any atom is -0.497 e. The summed E-state index contributed by atoms with van der Waals surface area (Å²) in [6.45, 7) is 2.81. The van der Waals surface area contributed by atoms with Crippen LogP contribution in [0.1, 0.15) is 5.56 Å². The van der Waals surface area contributed by atoms with E-state index in [4.69, 9.17) is 9.15 Å². The van der Waals surface area contributed by atoms with Gasteiger partial charge in [-0.1, -0.05) is 0 Å². The highest BCUT2D eigenvalue weighted by Gasteiger charge is 2.23. The number of fused-ring (bicyclic) bond motifs is 1.